The molecule has 176 valence electrons. The average Bonchev–Trinajstić information content (AvgIpc) is 3.39. The van der Waals surface area contributed by atoms with Crippen LogP contribution in [0.3, 0.4) is 0 Å². The first-order valence-electron chi connectivity index (χ1n) is 11.1. The van der Waals surface area contributed by atoms with Crippen molar-refractivity contribution < 1.29 is 14.3 Å². The second-order valence-electron chi connectivity index (χ2n) is 8.39. The number of aromatic hydroxyl groups is 1. The summed E-state index contributed by atoms with van der Waals surface area (Å²) in [5.74, 6) is 0.979. The minimum atomic E-state index is -0.758. The molecule has 2 aromatic heterocycles. The molecule has 0 bridgehead atoms. The summed E-state index contributed by atoms with van der Waals surface area (Å²) in [5.41, 5.74) is 2.99. The maximum absolute atomic E-state index is 13.6. The fraction of sp³-hybridized carbons (Fsp3) is 0.148. The molecule has 1 unspecified atom stereocenters. The number of nitrogens with zero attached hydrogens (tertiary/aromatic N) is 2. The van der Waals surface area contributed by atoms with Crippen LogP contribution in [0, 0.1) is 13.8 Å². The van der Waals surface area contributed by atoms with Gasteiger partial charge in [0.25, 0.3) is 11.5 Å². The molecule has 2 N–H and O–H groups in total. The highest BCUT2D eigenvalue weighted by molar-refractivity contribution is 7.07. The van der Waals surface area contributed by atoms with Crippen molar-refractivity contribution in [2.24, 2.45) is 4.99 Å². The van der Waals surface area contributed by atoms with E-state index in [1.165, 1.54) is 15.9 Å². The number of nitrogens with one attached hydrogen (secondary N) is 1. The molecule has 1 atom stereocenters. The molecule has 0 radical (unpaired) electrons. The predicted molar refractivity (Wildman–Crippen MR) is 135 cm³/mol. The van der Waals surface area contributed by atoms with Crippen molar-refractivity contribution in [1.82, 2.24) is 4.57 Å². The molecule has 5 rings (SSSR count). The lowest BCUT2D eigenvalue weighted by Crippen LogP contribution is -2.40. The Morgan fingerprint density at radius 3 is 2.51 bits per heavy atom. The van der Waals surface area contributed by atoms with Gasteiger partial charge >= 0.3 is 0 Å². The van der Waals surface area contributed by atoms with E-state index in [1.54, 1.807) is 43.3 Å². The van der Waals surface area contributed by atoms with Crippen LogP contribution < -0.4 is 20.2 Å². The number of aryl methyl sites for hydroxylation is 2. The number of thiazole rings is 1. The lowest BCUT2D eigenvalue weighted by Gasteiger charge is -2.23. The summed E-state index contributed by atoms with van der Waals surface area (Å²) in [6.07, 6.45) is 1.75. The number of anilines is 1. The van der Waals surface area contributed by atoms with Gasteiger partial charge in [0, 0.05) is 5.69 Å². The van der Waals surface area contributed by atoms with Gasteiger partial charge in [-0.1, -0.05) is 41.7 Å². The van der Waals surface area contributed by atoms with E-state index in [9.17, 15) is 14.7 Å². The summed E-state index contributed by atoms with van der Waals surface area (Å²) in [5, 5.41) is 12.5. The zero-order chi connectivity index (χ0) is 24.7. The van der Waals surface area contributed by atoms with Crippen LogP contribution in [0.15, 0.2) is 86.1 Å². The number of amides is 1. The van der Waals surface area contributed by atoms with Gasteiger partial charge in [-0.2, -0.15) is 0 Å². The van der Waals surface area contributed by atoms with Gasteiger partial charge in [-0.15, -0.1) is 0 Å². The zero-order valence-corrected chi connectivity index (χ0v) is 20.2. The van der Waals surface area contributed by atoms with Crippen molar-refractivity contribution in [3.8, 4) is 5.75 Å². The zero-order valence-electron chi connectivity index (χ0n) is 19.4. The van der Waals surface area contributed by atoms with E-state index in [0.29, 0.717) is 37.8 Å². The van der Waals surface area contributed by atoms with E-state index in [0.717, 1.165) is 11.1 Å². The lowest BCUT2D eigenvalue weighted by molar-refractivity contribution is -0.113. The largest absolute Gasteiger partial charge is 0.508 e. The molecule has 0 spiro atoms. The Labute approximate surface area is 205 Å². The molecule has 0 fully saturated rings. The molecule has 3 heterocycles. The minimum absolute atomic E-state index is 0.150. The van der Waals surface area contributed by atoms with Crippen molar-refractivity contribution in [3.05, 3.63) is 114 Å². The number of hydrogen-bond acceptors (Lipinski definition) is 6. The van der Waals surface area contributed by atoms with E-state index in [-0.39, 0.29) is 17.2 Å². The number of benzene rings is 2. The van der Waals surface area contributed by atoms with Crippen molar-refractivity contribution >= 4 is 29.0 Å². The Hall–Kier alpha value is -4.17. The standard InChI is InChI=1S/C27H23N3O4S/c1-15-6-4-5-7-20(15)29-25(32)23-17(3)28-27-30(24(23)21-13-8-16(2)34-21)26(33)22(35-27)14-18-9-11-19(31)12-10-18/h4-14,24,31H,1-3H3,(H,29,32)/b22-14-. The first-order chi connectivity index (χ1) is 16.8. The minimum Gasteiger partial charge on any atom is -0.508 e. The van der Waals surface area contributed by atoms with Crippen molar-refractivity contribution in [1.29, 1.82) is 0 Å². The molecule has 1 amide bonds. The second kappa shape index (κ2) is 8.88. The molecule has 0 saturated carbocycles. The number of carbonyl (C=O) groups is 1. The fourth-order valence-electron chi connectivity index (χ4n) is 4.11. The molecule has 4 aromatic rings. The van der Waals surface area contributed by atoms with Gasteiger partial charge in [-0.25, -0.2) is 4.99 Å². The summed E-state index contributed by atoms with van der Waals surface area (Å²) >= 11 is 1.25. The number of rotatable bonds is 4. The first-order valence-corrected chi connectivity index (χ1v) is 11.9. The van der Waals surface area contributed by atoms with E-state index in [1.807, 2.05) is 44.2 Å². The molecular weight excluding hydrogens is 462 g/mol. The monoisotopic (exact) mass is 485 g/mol. The van der Waals surface area contributed by atoms with Crippen molar-refractivity contribution in [3.63, 3.8) is 0 Å². The lowest BCUT2D eigenvalue weighted by atomic mass is 10.00. The summed E-state index contributed by atoms with van der Waals surface area (Å²) < 4.78 is 7.92. The number of phenols is 1. The van der Waals surface area contributed by atoms with E-state index in [2.05, 4.69) is 10.3 Å². The number of fused-ring (bicyclic) bond motifs is 1. The number of carbonyl (C=O) groups excluding carboxylic acids is 1. The molecular formula is C27H23N3O4S. The Morgan fingerprint density at radius 1 is 1.09 bits per heavy atom. The third-order valence-corrected chi connectivity index (χ3v) is 6.86. The molecule has 0 saturated heterocycles. The van der Waals surface area contributed by atoms with Gasteiger partial charge in [-0.3, -0.25) is 14.2 Å². The van der Waals surface area contributed by atoms with Crippen LogP contribution in [0.4, 0.5) is 5.69 Å². The van der Waals surface area contributed by atoms with Gasteiger partial charge in [0.15, 0.2) is 4.80 Å². The summed E-state index contributed by atoms with van der Waals surface area (Å²) in [6, 6.07) is 16.9. The van der Waals surface area contributed by atoms with Crippen molar-refractivity contribution in [2.45, 2.75) is 26.8 Å². The molecule has 0 aliphatic carbocycles. The highest BCUT2D eigenvalue weighted by atomic mass is 32.1. The predicted octanol–water partition coefficient (Wildman–Crippen LogP) is 3.79. The molecule has 1 aliphatic rings. The van der Waals surface area contributed by atoms with Crippen LogP contribution in [-0.4, -0.2) is 15.6 Å². The van der Waals surface area contributed by atoms with E-state index < -0.39 is 6.04 Å². The summed E-state index contributed by atoms with van der Waals surface area (Å²) in [7, 11) is 0. The quantitative estimate of drug-likeness (QED) is 0.460. The SMILES string of the molecule is CC1=C(C(=O)Nc2ccccc2C)C(c2ccc(C)o2)n2c(s/c(=C\c3ccc(O)cc3)c2=O)=N1. The topological polar surface area (TPSA) is 96.8 Å². The highest BCUT2D eigenvalue weighted by Crippen LogP contribution is 2.32. The number of para-hydroxylation sites is 1. The number of phenolic OH excluding ortho intramolecular Hbond substituents is 1. The van der Waals surface area contributed by atoms with Crippen molar-refractivity contribution in [2.75, 3.05) is 5.32 Å². The van der Waals surface area contributed by atoms with Gasteiger partial charge in [-0.05, 0) is 68.3 Å². The maximum Gasteiger partial charge on any atom is 0.271 e. The third kappa shape index (κ3) is 4.24. The maximum atomic E-state index is 13.6. The summed E-state index contributed by atoms with van der Waals surface area (Å²) in [4.78, 5) is 32.3. The molecule has 35 heavy (non-hydrogen) atoms. The van der Waals surface area contributed by atoms with E-state index in [4.69, 9.17) is 4.42 Å². The molecule has 1 aliphatic heterocycles. The molecule has 8 heteroatoms. The number of aromatic nitrogens is 1. The first kappa shape index (κ1) is 22.6. The summed E-state index contributed by atoms with van der Waals surface area (Å²) in [6.45, 7) is 5.51. The number of furan rings is 1. The molecule has 7 nitrogen and oxygen atoms in total. The fourth-order valence-corrected chi connectivity index (χ4v) is 5.15. The molecule has 2 aromatic carbocycles. The Morgan fingerprint density at radius 2 is 1.83 bits per heavy atom. The number of allylic oxidation sites excluding steroid dienone is 1. The number of hydrogen-bond donors (Lipinski definition) is 2. The van der Waals surface area contributed by atoms with E-state index >= 15 is 0 Å². The van der Waals surface area contributed by atoms with Gasteiger partial charge < -0.3 is 14.8 Å². The Bertz CT molecular complexity index is 1660. The second-order valence-corrected chi connectivity index (χ2v) is 9.40. The van der Waals surface area contributed by atoms with Gasteiger partial charge in [0.1, 0.15) is 23.3 Å². The van der Waals surface area contributed by atoms with Gasteiger partial charge in [0.05, 0.1) is 15.8 Å². The van der Waals surface area contributed by atoms with Crippen LogP contribution in [0.1, 0.15) is 35.6 Å². The Balaban J connectivity index is 1.66. The van der Waals surface area contributed by atoms with Crippen LogP contribution in [-0.2, 0) is 4.79 Å². The Kier molecular flexibility index (Phi) is 5.74. The average molecular weight is 486 g/mol. The van der Waals surface area contributed by atoms with Crippen LogP contribution >= 0.6 is 11.3 Å². The van der Waals surface area contributed by atoms with Gasteiger partial charge in [0.2, 0.25) is 0 Å². The third-order valence-electron chi connectivity index (χ3n) is 5.88. The smallest absolute Gasteiger partial charge is 0.271 e. The highest BCUT2D eigenvalue weighted by Gasteiger charge is 2.34. The van der Waals surface area contributed by atoms with Crippen LogP contribution in [0.2, 0.25) is 0 Å². The normalized spacial score (nSPS) is 15.6. The van der Waals surface area contributed by atoms with Crippen LogP contribution in [0.5, 0.6) is 5.75 Å². The van der Waals surface area contributed by atoms with Crippen LogP contribution in [0.25, 0.3) is 6.08 Å².